The number of rotatable bonds is 7. The zero-order chi connectivity index (χ0) is 23.7. The van der Waals surface area contributed by atoms with Gasteiger partial charge in [0.1, 0.15) is 24.9 Å². The molecule has 0 amide bonds. The smallest absolute Gasteiger partial charge is 0.331 e. The molecule has 0 aromatic heterocycles. The summed E-state index contributed by atoms with van der Waals surface area (Å²) in [5.41, 5.74) is -2.07. The van der Waals surface area contributed by atoms with Crippen molar-refractivity contribution in [2.75, 3.05) is 19.8 Å². The molecule has 3 rings (SSSR count). The molecule has 32 heavy (non-hydrogen) atoms. The van der Waals surface area contributed by atoms with Gasteiger partial charge in [-0.25, -0.2) is 4.79 Å². The van der Waals surface area contributed by atoms with Crippen molar-refractivity contribution in [3.8, 4) is 0 Å². The number of esters is 3. The Kier molecular flexibility index (Phi) is 7.05. The van der Waals surface area contributed by atoms with Gasteiger partial charge in [0.2, 0.25) is 0 Å². The van der Waals surface area contributed by atoms with Crippen molar-refractivity contribution in [2.24, 2.45) is 22.7 Å². The lowest BCUT2D eigenvalue weighted by Crippen LogP contribution is -2.71. The van der Waals surface area contributed by atoms with Crippen molar-refractivity contribution >= 4 is 17.9 Å². The summed E-state index contributed by atoms with van der Waals surface area (Å²) >= 11 is 0. The van der Waals surface area contributed by atoms with Crippen LogP contribution in [-0.4, -0.2) is 59.6 Å². The maximum absolute atomic E-state index is 12.0. The number of aliphatic hydroxyl groups excluding tert-OH is 1. The van der Waals surface area contributed by atoms with Crippen LogP contribution in [0.15, 0.2) is 11.6 Å². The first-order valence-electron chi connectivity index (χ1n) is 11.5. The second-order valence-corrected chi connectivity index (χ2v) is 10.1. The predicted octanol–water partition coefficient (Wildman–Crippen LogP) is 2.30. The highest BCUT2D eigenvalue weighted by Crippen LogP contribution is 2.65. The molecule has 0 aromatic rings. The van der Waals surface area contributed by atoms with Gasteiger partial charge in [0.25, 0.3) is 0 Å². The number of ether oxygens (including phenoxy) is 3. The summed E-state index contributed by atoms with van der Waals surface area (Å²) in [6.07, 6.45) is 4.50. The van der Waals surface area contributed by atoms with E-state index in [4.69, 9.17) is 14.2 Å². The van der Waals surface area contributed by atoms with Crippen molar-refractivity contribution < 1.29 is 38.8 Å². The van der Waals surface area contributed by atoms with Crippen LogP contribution < -0.4 is 0 Å². The lowest BCUT2D eigenvalue weighted by atomic mass is 9.42. The molecule has 8 heteroatoms. The molecule has 2 saturated carbocycles. The van der Waals surface area contributed by atoms with Crippen LogP contribution in [0.25, 0.3) is 0 Å². The largest absolute Gasteiger partial charge is 0.465 e. The van der Waals surface area contributed by atoms with Crippen LogP contribution in [0.3, 0.4) is 0 Å². The van der Waals surface area contributed by atoms with Gasteiger partial charge < -0.3 is 24.4 Å². The van der Waals surface area contributed by atoms with Crippen LogP contribution in [0.5, 0.6) is 0 Å². The summed E-state index contributed by atoms with van der Waals surface area (Å²) in [6.45, 7) is 6.57. The SMILES string of the molecule is CC(=O)OCC12C(OC(C)=O)CC(C)C(C)(CCC3=CC(=O)OC3)C1CCCC2(O)CO. The second kappa shape index (κ2) is 9.14. The highest BCUT2D eigenvalue weighted by Gasteiger charge is 2.69. The normalized spacial score (nSPS) is 39.0. The molecule has 2 fully saturated rings. The van der Waals surface area contributed by atoms with Crippen molar-refractivity contribution in [2.45, 2.75) is 77.9 Å². The summed E-state index contributed by atoms with van der Waals surface area (Å²) in [4.78, 5) is 35.3. The molecule has 2 N–H and O–H groups in total. The van der Waals surface area contributed by atoms with Crippen LogP contribution in [0, 0.1) is 22.7 Å². The summed E-state index contributed by atoms with van der Waals surface area (Å²) in [5.74, 6) is -1.33. The van der Waals surface area contributed by atoms with Gasteiger partial charge in [0.15, 0.2) is 0 Å². The van der Waals surface area contributed by atoms with E-state index >= 15 is 0 Å². The Labute approximate surface area is 189 Å². The summed E-state index contributed by atoms with van der Waals surface area (Å²) in [6, 6.07) is 0. The van der Waals surface area contributed by atoms with Crippen LogP contribution in [0.2, 0.25) is 0 Å². The fourth-order valence-electron chi connectivity index (χ4n) is 6.54. The van der Waals surface area contributed by atoms with E-state index in [2.05, 4.69) is 13.8 Å². The molecular weight excluding hydrogens is 416 g/mol. The zero-order valence-corrected chi connectivity index (χ0v) is 19.5. The Morgan fingerprint density at radius 1 is 1.28 bits per heavy atom. The predicted molar refractivity (Wildman–Crippen MR) is 114 cm³/mol. The van der Waals surface area contributed by atoms with E-state index in [9.17, 15) is 24.6 Å². The van der Waals surface area contributed by atoms with E-state index in [0.717, 1.165) is 18.4 Å². The van der Waals surface area contributed by atoms with E-state index in [-0.39, 0.29) is 29.8 Å². The molecule has 2 aliphatic carbocycles. The number of hydrogen-bond donors (Lipinski definition) is 2. The molecular formula is C24H36O8. The molecule has 1 aliphatic heterocycles. The highest BCUT2D eigenvalue weighted by atomic mass is 16.6. The first-order valence-corrected chi connectivity index (χ1v) is 11.5. The molecule has 0 radical (unpaired) electrons. The molecule has 6 atom stereocenters. The number of carbonyl (C=O) groups is 3. The minimum absolute atomic E-state index is 0.127. The van der Waals surface area contributed by atoms with Gasteiger partial charge in [-0.05, 0) is 54.9 Å². The molecule has 6 unspecified atom stereocenters. The van der Waals surface area contributed by atoms with Crippen LogP contribution in [0.4, 0.5) is 0 Å². The van der Waals surface area contributed by atoms with Gasteiger partial charge in [-0.2, -0.15) is 0 Å². The van der Waals surface area contributed by atoms with Crippen molar-refractivity contribution in [1.29, 1.82) is 0 Å². The first kappa shape index (κ1) is 24.7. The van der Waals surface area contributed by atoms with Gasteiger partial charge in [-0.1, -0.05) is 20.3 Å². The Hall–Kier alpha value is -1.93. The zero-order valence-electron chi connectivity index (χ0n) is 19.5. The Morgan fingerprint density at radius 3 is 2.56 bits per heavy atom. The van der Waals surface area contributed by atoms with E-state index in [1.54, 1.807) is 0 Å². The quantitative estimate of drug-likeness (QED) is 0.446. The number of cyclic esters (lactones) is 1. The van der Waals surface area contributed by atoms with E-state index in [0.29, 0.717) is 32.3 Å². The Balaban J connectivity index is 2.06. The minimum Gasteiger partial charge on any atom is -0.465 e. The van der Waals surface area contributed by atoms with Gasteiger partial charge >= 0.3 is 17.9 Å². The third kappa shape index (κ3) is 4.19. The molecule has 0 spiro atoms. The summed E-state index contributed by atoms with van der Waals surface area (Å²) in [7, 11) is 0. The monoisotopic (exact) mass is 452 g/mol. The van der Waals surface area contributed by atoms with Gasteiger partial charge in [-0.3, -0.25) is 9.59 Å². The van der Waals surface area contributed by atoms with Crippen LogP contribution in [-0.2, 0) is 28.6 Å². The van der Waals surface area contributed by atoms with Crippen molar-refractivity contribution in [3.63, 3.8) is 0 Å². The Morgan fingerprint density at radius 2 is 2.00 bits per heavy atom. The average Bonchev–Trinajstić information content (AvgIpc) is 3.14. The Bertz CT molecular complexity index is 791. The minimum atomic E-state index is -1.56. The van der Waals surface area contributed by atoms with Crippen LogP contribution >= 0.6 is 0 Å². The molecule has 3 aliphatic rings. The van der Waals surface area contributed by atoms with Gasteiger partial charge in [-0.15, -0.1) is 0 Å². The van der Waals surface area contributed by atoms with Crippen molar-refractivity contribution in [3.05, 3.63) is 11.6 Å². The topological polar surface area (TPSA) is 119 Å². The van der Waals surface area contributed by atoms with E-state index < -0.39 is 35.7 Å². The standard InChI is InChI=1S/C24H36O8/c1-15-10-20(32-17(3)27)24(14-31-16(2)26)19(6-5-8-23(24,29)13-25)22(15,4)9-7-18-11-21(28)30-12-18/h11,15,19-20,25,29H,5-10,12-14H2,1-4H3. The average molecular weight is 453 g/mol. The molecule has 180 valence electrons. The lowest BCUT2D eigenvalue weighted by molar-refractivity contribution is -0.282. The van der Waals surface area contributed by atoms with E-state index in [1.807, 2.05) is 0 Å². The van der Waals surface area contributed by atoms with E-state index in [1.165, 1.54) is 19.9 Å². The first-order chi connectivity index (χ1) is 15.0. The fraction of sp³-hybridized carbons (Fsp3) is 0.792. The molecule has 0 bridgehead atoms. The van der Waals surface area contributed by atoms with Gasteiger partial charge in [0.05, 0.1) is 12.0 Å². The van der Waals surface area contributed by atoms with Crippen molar-refractivity contribution in [1.82, 2.24) is 0 Å². The number of carbonyl (C=O) groups excluding carboxylic acids is 3. The number of hydrogen-bond acceptors (Lipinski definition) is 8. The number of fused-ring (bicyclic) bond motifs is 1. The van der Waals surface area contributed by atoms with Crippen LogP contribution in [0.1, 0.15) is 66.2 Å². The number of aliphatic hydroxyl groups is 2. The molecule has 1 heterocycles. The summed E-state index contributed by atoms with van der Waals surface area (Å²) in [5, 5.41) is 22.1. The van der Waals surface area contributed by atoms with Gasteiger partial charge in [0, 0.05) is 19.9 Å². The second-order valence-electron chi connectivity index (χ2n) is 10.1. The molecule has 8 nitrogen and oxygen atoms in total. The third-order valence-corrected chi connectivity index (χ3v) is 8.43. The molecule has 0 saturated heterocycles. The summed E-state index contributed by atoms with van der Waals surface area (Å²) < 4.78 is 16.3. The highest BCUT2D eigenvalue weighted by molar-refractivity contribution is 5.85. The third-order valence-electron chi connectivity index (χ3n) is 8.43. The lowest BCUT2D eigenvalue weighted by Gasteiger charge is -2.65. The fourth-order valence-corrected chi connectivity index (χ4v) is 6.54. The maximum Gasteiger partial charge on any atom is 0.331 e. The molecule has 0 aromatic carbocycles. The maximum atomic E-state index is 12.0.